The van der Waals surface area contributed by atoms with Gasteiger partial charge in [0.1, 0.15) is 6.10 Å². The molecule has 0 radical (unpaired) electrons. The highest BCUT2D eigenvalue weighted by Gasteiger charge is 2.25. The van der Waals surface area contributed by atoms with E-state index in [1.165, 1.54) is 11.3 Å². The Hall–Kier alpha value is -0.230. The second kappa shape index (κ2) is 4.74. The molecular formula is C10H11BrO3S. The minimum atomic E-state index is -0.427. The second-order valence-corrected chi connectivity index (χ2v) is 5.74. The highest BCUT2D eigenvalue weighted by Crippen LogP contribution is 2.28. The molecule has 0 saturated carbocycles. The third kappa shape index (κ3) is 2.47. The summed E-state index contributed by atoms with van der Waals surface area (Å²) in [5, 5.41) is 0. The fourth-order valence-electron chi connectivity index (χ4n) is 1.38. The highest BCUT2D eigenvalue weighted by molar-refractivity contribution is 9.11. The van der Waals surface area contributed by atoms with Crippen LogP contribution in [-0.2, 0) is 9.47 Å². The van der Waals surface area contributed by atoms with E-state index in [-0.39, 0.29) is 5.78 Å². The molecule has 1 atom stereocenters. The minimum Gasteiger partial charge on any atom is -0.376 e. The van der Waals surface area contributed by atoms with Gasteiger partial charge in [0, 0.05) is 0 Å². The molecule has 15 heavy (non-hydrogen) atoms. The van der Waals surface area contributed by atoms with E-state index in [0.717, 1.165) is 14.2 Å². The number of ether oxygens (including phenoxy) is 2. The standard InChI is InChI=1S/C10H11BrO3S/c1-6-4-8(15-10(6)11)9(12)7-5-13-2-3-14-7/h4,7H,2-3,5H2,1H3. The van der Waals surface area contributed by atoms with Crippen molar-refractivity contribution in [3.63, 3.8) is 0 Å². The number of Topliss-reactive ketones (excluding diaryl/α,β-unsaturated/α-hetero) is 1. The van der Waals surface area contributed by atoms with Gasteiger partial charge in [-0.25, -0.2) is 0 Å². The van der Waals surface area contributed by atoms with Crippen molar-refractivity contribution in [3.05, 3.63) is 20.3 Å². The van der Waals surface area contributed by atoms with Crippen LogP contribution >= 0.6 is 27.3 Å². The molecule has 1 saturated heterocycles. The molecule has 1 aliphatic heterocycles. The van der Waals surface area contributed by atoms with Crippen LogP contribution in [0.1, 0.15) is 15.2 Å². The maximum absolute atomic E-state index is 11.9. The molecule has 1 aliphatic rings. The van der Waals surface area contributed by atoms with Crippen molar-refractivity contribution in [1.29, 1.82) is 0 Å². The number of hydrogen-bond acceptors (Lipinski definition) is 4. The molecule has 0 aromatic carbocycles. The molecule has 1 unspecified atom stereocenters. The first-order valence-electron chi connectivity index (χ1n) is 4.68. The fraction of sp³-hybridized carbons (Fsp3) is 0.500. The quantitative estimate of drug-likeness (QED) is 0.785. The third-order valence-electron chi connectivity index (χ3n) is 2.21. The van der Waals surface area contributed by atoms with E-state index in [1.54, 1.807) is 0 Å². The van der Waals surface area contributed by atoms with Gasteiger partial charge in [-0.1, -0.05) is 0 Å². The monoisotopic (exact) mass is 290 g/mol. The van der Waals surface area contributed by atoms with Crippen LogP contribution in [0.15, 0.2) is 9.85 Å². The summed E-state index contributed by atoms with van der Waals surface area (Å²) in [4.78, 5) is 12.7. The van der Waals surface area contributed by atoms with Crippen LogP contribution in [0.3, 0.4) is 0 Å². The Morgan fingerprint density at radius 2 is 2.40 bits per heavy atom. The highest BCUT2D eigenvalue weighted by atomic mass is 79.9. The van der Waals surface area contributed by atoms with Crippen molar-refractivity contribution in [1.82, 2.24) is 0 Å². The second-order valence-electron chi connectivity index (χ2n) is 3.37. The van der Waals surface area contributed by atoms with Gasteiger partial charge >= 0.3 is 0 Å². The fourth-order valence-corrected chi connectivity index (χ4v) is 2.90. The average molecular weight is 291 g/mol. The topological polar surface area (TPSA) is 35.5 Å². The van der Waals surface area contributed by atoms with Crippen molar-refractivity contribution in [3.8, 4) is 0 Å². The summed E-state index contributed by atoms with van der Waals surface area (Å²) < 4.78 is 11.6. The largest absolute Gasteiger partial charge is 0.376 e. The molecule has 0 spiro atoms. The van der Waals surface area contributed by atoms with Gasteiger partial charge in [-0.05, 0) is 34.5 Å². The Labute approximate surface area is 101 Å². The Morgan fingerprint density at radius 3 is 2.93 bits per heavy atom. The van der Waals surface area contributed by atoms with Gasteiger partial charge in [0.05, 0.1) is 28.5 Å². The zero-order valence-corrected chi connectivity index (χ0v) is 10.7. The third-order valence-corrected chi connectivity index (χ3v) is 4.36. The van der Waals surface area contributed by atoms with Gasteiger partial charge < -0.3 is 9.47 Å². The smallest absolute Gasteiger partial charge is 0.203 e. The molecule has 5 heteroatoms. The Morgan fingerprint density at radius 1 is 1.60 bits per heavy atom. The number of hydrogen-bond donors (Lipinski definition) is 0. The SMILES string of the molecule is Cc1cc(C(=O)C2COCCO2)sc1Br. The molecule has 2 rings (SSSR count). The summed E-state index contributed by atoms with van der Waals surface area (Å²) in [6, 6.07) is 1.88. The van der Waals surface area contributed by atoms with E-state index in [0.29, 0.717) is 19.8 Å². The van der Waals surface area contributed by atoms with Gasteiger partial charge in [-0.2, -0.15) is 0 Å². The molecule has 82 valence electrons. The van der Waals surface area contributed by atoms with Gasteiger partial charge in [0.2, 0.25) is 5.78 Å². The molecule has 0 aliphatic carbocycles. The van der Waals surface area contributed by atoms with Crippen molar-refractivity contribution >= 4 is 33.0 Å². The number of ketones is 1. The first-order valence-corrected chi connectivity index (χ1v) is 6.29. The zero-order valence-electron chi connectivity index (χ0n) is 8.29. The van der Waals surface area contributed by atoms with Gasteiger partial charge in [-0.3, -0.25) is 4.79 Å². The summed E-state index contributed by atoms with van der Waals surface area (Å²) in [7, 11) is 0. The normalized spacial score (nSPS) is 21.6. The molecule has 0 amide bonds. The minimum absolute atomic E-state index is 0.0218. The Bertz CT molecular complexity index is 349. The van der Waals surface area contributed by atoms with Gasteiger partial charge in [0.15, 0.2) is 0 Å². The van der Waals surface area contributed by atoms with Crippen molar-refractivity contribution < 1.29 is 14.3 Å². The lowest BCUT2D eigenvalue weighted by Gasteiger charge is -2.20. The maximum atomic E-state index is 11.9. The molecule has 1 aromatic heterocycles. The number of carbonyl (C=O) groups excluding carboxylic acids is 1. The number of aryl methyl sites for hydroxylation is 1. The van der Waals surface area contributed by atoms with Gasteiger partial charge in [0.25, 0.3) is 0 Å². The molecular weight excluding hydrogens is 280 g/mol. The Kier molecular flexibility index (Phi) is 3.56. The van der Waals surface area contributed by atoms with Crippen LogP contribution in [0.2, 0.25) is 0 Å². The zero-order chi connectivity index (χ0) is 10.8. The first kappa shape index (κ1) is 11.3. The maximum Gasteiger partial charge on any atom is 0.203 e. The van der Waals surface area contributed by atoms with E-state index in [4.69, 9.17) is 9.47 Å². The number of rotatable bonds is 2. The van der Waals surface area contributed by atoms with Crippen molar-refractivity contribution in [2.45, 2.75) is 13.0 Å². The summed E-state index contributed by atoms with van der Waals surface area (Å²) >= 11 is 4.85. The molecule has 0 bridgehead atoms. The Balaban J connectivity index is 2.12. The summed E-state index contributed by atoms with van der Waals surface area (Å²) in [6.45, 7) is 3.42. The number of halogens is 1. The van der Waals surface area contributed by atoms with Crippen molar-refractivity contribution in [2.24, 2.45) is 0 Å². The lowest BCUT2D eigenvalue weighted by Crippen LogP contribution is -2.35. The predicted octanol–water partition coefficient (Wildman–Crippen LogP) is 2.42. The summed E-state index contributed by atoms with van der Waals surface area (Å²) in [5.74, 6) is 0.0218. The number of thiophene rings is 1. The predicted molar refractivity (Wildman–Crippen MR) is 61.6 cm³/mol. The molecule has 1 fully saturated rings. The molecule has 0 N–H and O–H groups in total. The van der Waals surface area contributed by atoms with E-state index < -0.39 is 6.10 Å². The summed E-state index contributed by atoms with van der Waals surface area (Å²) in [6.07, 6.45) is -0.427. The van der Waals surface area contributed by atoms with Crippen molar-refractivity contribution in [2.75, 3.05) is 19.8 Å². The molecule has 3 nitrogen and oxygen atoms in total. The van der Waals surface area contributed by atoms with Crippen LogP contribution in [0.25, 0.3) is 0 Å². The lowest BCUT2D eigenvalue weighted by atomic mass is 10.2. The first-order chi connectivity index (χ1) is 7.18. The molecule has 2 heterocycles. The summed E-state index contributed by atoms with van der Waals surface area (Å²) in [5.41, 5.74) is 1.08. The van der Waals surface area contributed by atoms with Gasteiger partial charge in [-0.15, -0.1) is 11.3 Å². The van der Waals surface area contributed by atoms with Crippen LogP contribution in [-0.4, -0.2) is 31.7 Å². The van der Waals surface area contributed by atoms with Crippen LogP contribution in [0.5, 0.6) is 0 Å². The average Bonchev–Trinajstić information content (AvgIpc) is 2.59. The van der Waals surface area contributed by atoms with Crippen LogP contribution in [0, 0.1) is 6.92 Å². The van der Waals surface area contributed by atoms with E-state index in [1.807, 2.05) is 13.0 Å². The lowest BCUT2D eigenvalue weighted by molar-refractivity contribution is -0.0717. The molecule has 1 aromatic rings. The number of carbonyl (C=O) groups is 1. The van der Waals surface area contributed by atoms with E-state index in [9.17, 15) is 4.79 Å². The van der Waals surface area contributed by atoms with E-state index >= 15 is 0 Å². The van der Waals surface area contributed by atoms with Crippen LogP contribution in [0.4, 0.5) is 0 Å². The van der Waals surface area contributed by atoms with Crippen LogP contribution < -0.4 is 0 Å². The van der Waals surface area contributed by atoms with E-state index in [2.05, 4.69) is 15.9 Å².